The van der Waals surface area contributed by atoms with Gasteiger partial charge in [-0.15, -0.1) is 10.2 Å². The summed E-state index contributed by atoms with van der Waals surface area (Å²) in [6.45, 7) is 1.95. The number of amides is 1. The molecule has 1 aromatic heterocycles. The van der Waals surface area contributed by atoms with Crippen LogP contribution < -0.4 is 11.2 Å². The summed E-state index contributed by atoms with van der Waals surface area (Å²) in [4.78, 5) is 12.2. The van der Waals surface area contributed by atoms with Crippen LogP contribution >= 0.6 is 23.4 Å². The summed E-state index contributed by atoms with van der Waals surface area (Å²) in [6, 6.07) is 16.9. The summed E-state index contributed by atoms with van der Waals surface area (Å²) in [5.74, 6) is 6.65. The Kier molecular flexibility index (Phi) is 5.80. The van der Waals surface area contributed by atoms with E-state index in [2.05, 4.69) is 15.5 Å². The molecule has 26 heavy (non-hydrogen) atoms. The van der Waals surface area contributed by atoms with E-state index in [-0.39, 0.29) is 17.7 Å². The van der Waals surface area contributed by atoms with E-state index in [1.54, 1.807) is 12.1 Å². The van der Waals surface area contributed by atoms with Crippen molar-refractivity contribution < 1.29 is 4.79 Å². The van der Waals surface area contributed by atoms with E-state index in [4.69, 9.17) is 17.4 Å². The number of carbonyl (C=O) groups is 1. The van der Waals surface area contributed by atoms with Gasteiger partial charge in [-0.2, -0.15) is 0 Å². The fraction of sp³-hybridized carbons (Fsp3) is 0.167. The minimum absolute atomic E-state index is 0.0675. The van der Waals surface area contributed by atoms with Crippen LogP contribution in [0.4, 0.5) is 0 Å². The lowest BCUT2D eigenvalue weighted by Gasteiger charge is -2.13. The number of hydrogen-bond donors (Lipinski definition) is 2. The normalized spacial score (nSPS) is 11.9. The number of halogens is 1. The van der Waals surface area contributed by atoms with E-state index in [1.807, 2.05) is 49.4 Å². The molecule has 1 atom stereocenters. The lowest BCUT2D eigenvalue weighted by atomic mass is 10.1. The third kappa shape index (κ3) is 4.36. The van der Waals surface area contributed by atoms with Crippen LogP contribution in [-0.2, 0) is 4.79 Å². The van der Waals surface area contributed by atoms with Crippen molar-refractivity contribution in [2.24, 2.45) is 0 Å². The SMILES string of the molecule is C[C@H](NC(=O)CSc1nnc(-c2cccc(Cl)c2)n1N)c1ccccc1. The van der Waals surface area contributed by atoms with Crippen LogP contribution in [0.25, 0.3) is 11.4 Å². The maximum atomic E-state index is 12.2. The average Bonchev–Trinajstić information content (AvgIpc) is 3.01. The summed E-state index contributed by atoms with van der Waals surface area (Å²) in [7, 11) is 0. The van der Waals surface area contributed by atoms with Crippen molar-refractivity contribution in [1.29, 1.82) is 0 Å². The summed E-state index contributed by atoms with van der Waals surface area (Å²) >= 11 is 7.23. The number of nitrogen functional groups attached to an aromatic ring is 1. The first-order valence-electron chi connectivity index (χ1n) is 7.98. The number of nitrogens with zero attached hydrogens (tertiary/aromatic N) is 3. The van der Waals surface area contributed by atoms with Crippen molar-refractivity contribution in [3.63, 3.8) is 0 Å². The van der Waals surface area contributed by atoms with Crippen LogP contribution in [0.1, 0.15) is 18.5 Å². The lowest BCUT2D eigenvalue weighted by molar-refractivity contribution is -0.119. The van der Waals surface area contributed by atoms with Crippen LogP contribution in [0.2, 0.25) is 5.02 Å². The highest BCUT2D eigenvalue weighted by Gasteiger charge is 2.15. The Morgan fingerprint density at radius 2 is 2.00 bits per heavy atom. The highest BCUT2D eigenvalue weighted by Crippen LogP contribution is 2.23. The van der Waals surface area contributed by atoms with E-state index < -0.39 is 0 Å². The standard InChI is InChI=1S/C18H18ClN5OS/c1-12(13-6-3-2-4-7-13)21-16(25)11-26-18-23-22-17(24(18)20)14-8-5-9-15(19)10-14/h2-10,12H,11,20H2,1H3,(H,21,25)/t12-/m0/s1. The summed E-state index contributed by atoms with van der Waals surface area (Å²) in [6.07, 6.45) is 0. The Bertz CT molecular complexity index is 900. The van der Waals surface area contributed by atoms with Crippen molar-refractivity contribution in [3.8, 4) is 11.4 Å². The first kappa shape index (κ1) is 18.3. The third-order valence-corrected chi connectivity index (χ3v) is 4.93. The highest BCUT2D eigenvalue weighted by atomic mass is 35.5. The fourth-order valence-electron chi connectivity index (χ4n) is 2.44. The monoisotopic (exact) mass is 387 g/mol. The molecule has 2 aromatic carbocycles. The maximum Gasteiger partial charge on any atom is 0.230 e. The first-order chi connectivity index (χ1) is 12.5. The van der Waals surface area contributed by atoms with Gasteiger partial charge in [0.15, 0.2) is 5.82 Å². The smallest absolute Gasteiger partial charge is 0.230 e. The zero-order valence-corrected chi connectivity index (χ0v) is 15.7. The topological polar surface area (TPSA) is 85.8 Å². The number of rotatable bonds is 6. The second-order valence-electron chi connectivity index (χ2n) is 5.68. The van der Waals surface area contributed by atoms with Crippen molar-refractivity contribution in [3.05, 3.63) is 65.2 Å². The Morgan fingerprint density at radius 3 is 2.73 bits per heavy atom. The van der Waals surface area contributed by atoms with Gasteiger partial charge in [-0.05, 0) is 24.6 Å². The molecule has 0 unspecified atom stereocenters. The lowest BCUT2D eigenvalue weighted by Crippen LogP contribution is -2.28. The van der Waals surface area contributed by atoms with Gasteiger partial charge in [0.05, 0.1) is 11.8 Å². The number of nitrogens with one attached hydrogen (secondary N) is 1. The largest absolute Gasteiger partial charge is 0.349 e. The van der Waals surface area contributed by atoms with Crippen molar-refractivity contribution in [1.82, 2.24) is 20.2 Å². The third-order valence-electron chi connectivity index (χ3n) is 3.76. The van der Waals surface area contributed by atoms with Gasteiger partial charge in [0.2, 0.25) is 11.1 Å². The summed E-state index contributed by atoms with van der Waals surface area (Å²) < 4.78 is 1.37. The number of hydrogen-bond acceptors (Lipinski definition) is 5. The number of carbonyl (C=O) groups excluding carboxylic acids is 1. The van der Waals surface area contributed by atoms with Crippen molar-refractivity contribution in [2.75, 3.05) is 11.6 Å². The molecule has 0 bridgehead atoms. The molecule has 0 aliphatic heterocycles. The van der Waals surface area contributed by atoms with E-state index >= 15 is 0 Å². The quantitative estimate of drug-likeness (QED) is 0.500. The molecule has 1 amide bonds. The predicted molar refractivity (Wildman–Crippen MR) is 104 cm³/mol. The molecule has 3 rings (SSSR count). The molecule has 0 fully saturated rings. The van der Waals surface area contributed by atoms with Gasteiger partial charge < -0.3 is 11.2 Å². The average molecular weight is 388 g/mol. The predicted octanol–water partition coefficient (Wildman–Crippen LogP) is 3.28. The molecule has 0 aliphatic carbocycles. The Labute approximate surface area is 160 Å². The number of nitrogens with two attached hydrogens (primary N) is 1. The Hall–Kier alpha value is -2.51. The second kappa shape index (κ2) is 8.25. The minimum Gasteiger partial charge on any atom is -0.349 e. The number of aromatic nitrogens is 3. The maximum absolute atomic E-state index is 12.2. The Balaban J connectivity index is 1.61. The molecule has 0 aliphatic rings. The van der Waals surface area contributed by atoms with E-state index in [0.717, 1.165) is 11.1 Å². The van der Waals surface area contributed by atoms with Gasteiger partial charge in [-0.1, -0.05) is 65.8 Å². The zero-order valence-electron chi connectivity index (χ0n) is 14.1. The molecule has 0 spiro atoms. The van der Waals surface area contributed by atoms with Gasteiger partial charge in [-0.25, -0.2) is 4.68 Å². The number of thioether (sulfide) groups is 1. The van der Waals surface area contributed by atoms with Gasteiger partial charge >= 0.3 is 0 Å². The summed E-state index contributed by atoms with van der Waals surface area (Å²) in [5.41, 5.74) is 1.82. The fourth-order valence-corrected chi connectivity index (χ4v) is 3.30. The summed E-state index contributed by atoms with van der Waals surface area (Å²) in [5, 5.41) is 12.2. The molecule has 3 aromatic rings. The minimum atomic E-state index is -0.0985. The van der Waals surface area contributed by atoms with Crippen LogP contribution in [0.15, 0.2) is 59.8 Å². The second-order valence-corrected chi connectivity index (χ2v) is 7.05. The molecule has 1 heterocycles. The van der Waals surface area contributed by atoms with Crippen molar-refractivity contribution in [2.45, 2.75) is 18.1 Å². The van der Waals surface area contributed by atoms with Gasteiger partial charge in [-0.3, -0.25) is 4.79 Å². The van der Waals surface area contributed by atoms with E-state index in [0.29, 0.717) is 16.0 Å². The van der Waals surface area contributed by atoms with Crippen molar-refractivity contribution >= 4 is 29.3 Å². The molecule has 8 heteroatoms. The molecular formula is C18H18ClN5OS. The van der Waals surface area contributed by atoms with Crippen LogP contribution in [0.5, 0.6) is 0 Å². The first-order valence-corrected chi connectivity index (χ1v) is 9.34. The highest BCUT2D eigenvalue weighted by molar-refractivity contribution is 7.99. The number of benzene rings is 2. The molecule has 0 saturated heterocycles. The Morgan fingerprint density at radius 1 is 1.23 bits per heavy atom. The van der Waals surface area contributed by atoms with Crippen LogP contribution in [0, 0.1) is 0 Å². The van der Waals surface area contributed by atoms with Gasteiger partial charge in [0.25, 0.3) is 0 Å². The van der Waals surface area contributed by atoms with Gasteiger partial charge in [0.1, 0.15) is 0 Å². The molecule has 3 N–H and O–H groups in total. The molecule has 6 nitrogen and oxygen atoms in total. The van der Waals surface area contributed by atoms with Gasteiger partial charge in [0, 0.05) is 10.6 Å². The molecule has 134 valence electrons. The van der Waals surface area contributed by atoms with E-state index in [1.165, 1.54) is 16.4 Å². The zero-order chi connectivity index (χ0) is 18.5. The van der Waals surface area contributed by atoms with Crippen LogP contribution in [-0.4, -0.2) is 26.5 Å². The van der Waals surface area contributed by atoms with E-state index in [9.17, 15) is 4.79 Å². The molecule has 0 radical (unpaired) electrons. The van der Waals surface area contributed by atoms with Crippen LogP contribution in [0.3, 0.4) is 0 Å². The molecule has 0 saturated carbocycles. The molecular weight excluding hydrogens is 370 g/mol.